The first-order chi connectivity index (χ1) is 7.86. The van der Waals surface area contributed by atoms with Crippen LogP contribution in [0, 0.1) is 0 Å². The van der Waals surface area contributed by atoms with Crippen molar-refractivity contribution in [1.82, 2.24) is 10.3 Å². The minimum atomic E-state index is 0.705. The van der Waals surface area contributed by atoms with Gasteiger partial charge in [0.05, 0.1) is 0 Å². The van der Waals surface area contributed by atoms with E-state index in [1.807, 2.05) is 25.5 Å². The average molecular weight is 217 g/mol. The molecule has 1 aromatic rings. The number of hydrogen-bond acceptors (Lipinski definition) is 3. The second kappa shape index (κ2) is 5.12. The zero-order chi connectivity index (χ0) is 11.4. The summed E-state index contributed by atoms with van der Waals surface area (Å²) in [6.07, 6.45) is 8.39. The second-order valence-electron chi connectivity index (χ2n) is 4.21. The molecule has 1 aliphatic rings. The molecule has 1 saturated carbocycles. The molecule has 3 heteroatoms. The number of rotatable bonds is 6. The molecule has 3 nitrogen and oxygen atoms in total. The van der Waals surface area contributed by atoms with Crippen molar-refractivity contribution in [1.29, 1.82) is 0 Å². The molecule has 0 saturated heterocycles. The van der Waals surface area contributed by atoms with Gasteiger partial charge in [0.15, 0.2) is 0 Å². The third-order valence-corrected chi connectivity index (χ3v) is 2.87. The Labute approximate surface area is 97.2 Å². The van der Waals surface area contributed by atoms with Crippen LogP contribution in [0.25, 0.3) is 0 Å². The Bertz CT molecular complexity index is 358. The van der Waals surface area contributed by atoms with Gasteiger partial charge in [-0.05, 0) is 26.0 Å². The Morgan fingerprint density at radius 3 is 3.06 bits per heavy atom. The Balaban J connectivity index is 2.24. The van der Waals surface area contributed by atoms with Crippen molar-refractivity contribution in [3.8, 4) is 0 Å². The Morgan fingerprint density at radius 2 is 2.44 bits per heavy atom. The fourth-order valence-corrected chi connectivity index (χ4v) is 2.00. The number of aromatic nitrogens is 1. The highest BCUT2D eigenvalue weighted by atomic mass is 15.2. The van der Waals surface area contributed by atoms with Gasteiger partial charge < -0.3 is 10.2 Å². The van der Waals surface area contributed by atoms with Gasteiger partial charge in [-0.1, -0.05) is 6.08 Å². The number of anilines is 1. The van der Waals surface area contributed by atoms with Crippen molar-refractivity contribution in [3.05, 3.63) is 36.7 Å². The predicted octanol–water partition coefficient (Wildman–Crippen LogP) is 1.96. The molecule has 1 fully saturated rings. The molecule has 1 aromatic heterocycles. The topological polar surface area (TPSA) is 28.2 Å². The van der Waals surface area contributed by atoms with Crippen molar-refractivity contribution >= 4 is 5.69 Å². The van der Waals surface area contributed by atoms with Gasteiger partial charge in [0.1, 0.15) is 0 Å². The van der Waals surface area contributed by atoms with Crippen LogP contribution < -0.4 is 10.2 Å². The van der Waals surface area contributed by atoms with Crippen molar-refractivity contribution in [2.75, 3.05) is 18.5 Å². The molecule has 0 amide bonds. The van der Waals surface area contributed by atoms with E-state index in [0.29, 0.717) is 6.04 Å². The lowest BCUT2D eigenvalue weighted by molar-refractivity contribution is 0.789. The summed E-state index contributed by atoms with van der Waals surface area (Å²) >= 11 is 0. The third-order valence-electron chi connectivity index (χ3n) is 2.87. The highest BCUT2D eigenvalue weighted by Crippen LogP contribution is 2.33. The van der Waals surface area contributed by atoms with Crippen molar-refractivity contribution < 1.29 is 0 Å². The normalized spacial score (nSPS) is 14.8. The molecule has 16 heavy (non-hydrogen) atoms. The molecule has 1 N–H and O–H groups in total. The van der Waals surface area contributed by atoms with Crippen LogP contribution in [0.1, 0.15) is 18.4 Å². The van der Waals surface area contributed by atoms with Gasteiger partial charge >= 0.3 is 0 Å². The van der Waals surface area contributed by atoms with E-state index in [2.05, 4.69) is 27.8 Å². The summed E-state index contributed by atoms with van der Waals surface area (Å²) in [7, 11) is 1.96. The molecule has 1 aliphatic carbocycles. The number of nitrogens with zero attached hydrogens (tertiary/aromatic N) is 2. The minimum absolute atomic E-state index is 0.705. The molecular formula is C13H19N3. The average Bonchev–Trinajstić information content (AvgIpc) is 3.11. The van der Waals surface area contributed by atoms with Crippen LogP contribution >= 0.6 is 0 Å². The maximum atomic E-state index is 4.19. The molecule has 0 aliphatic heterocycles. The summed E-state index contributed by atoms with van der Waals surface area (Å²) in [6.45, 7) is 5.63. The molecule has 0 aromatic carbocycles. The molecule has 0 bridgehead atoms. The lowest BCUT2D eigenvalue weighted by atomic mass is 10.2. The van der Waals surface area contributed by atoms with E-state index in [1.54, 1.807) is 0 Å². The lowest BCUT2D eigenvalue weighted by Gasteiger charge is -2.25. The molecule has 2 rings (SSSR count). The molecule has 1 heterocycles. The van der Waals surface area contributed by atoms with Gasteiger partial charge in [-0.25, -0.2) is 0 Å². The standard InChI is InChI=1S/C13H19N3/c1-3-8-16(12-4-5-12)13-6-7-15-10-11(13)9-14-2/h3,6-7,10,12,14H,1,4-5,8-9H2,2H3. The van der Waals surface area contributed by atoms with E-state index in [-0.39, 0.29) is 0 Å². The van der Waals surface area contributed by atoms with Crippen LogP contribution in [0.15, 0.2) is 31.1 Å². The highest BCUT2D eigenvalue weighted by Gasteiger charge is 2.29. The van der Waals surface area contributed by atoms with Crippen LogP contribution in [0.3, 0.4) is 0 Å². The quantitative estimate of drug-likeness (QED) is 0.738. The zero-order valence-corrected chi connectivity index (χ0v) is 9.82. The van der Waals surface area contributed by atoms with Gasteiger partial charge in [-0.3, -0.25) is 4.98 Å². The number of nitrogens with one attached hydrogen (secondary N) is 1. The van der Waals surface area contributed by atoms with Crippen LogP contribution in [0.4, 0.5) is 5.69 Å². The lowest BCUT2D eigenvalue weighted by Crippen LogP contribution is -2.27. The summed E-state index contributed by atoms with van der Waals surface area (Å²) in [5, 5.41) is 3.19. The molecule has 0 radical (unpaired) electrons. The van der Waals surface area contributed by atoms with Crippen LogP contribution in [-0.2, 0) is 6.54 Å². The maximum absolute atomic E-state index is 4.19. The monoisotopic (exact) mass is 217 g/mol. The molecular weight excluding hydrogens is 198 g/mol. The first-order valence-corrected chi connectivity index (χ1v) is 5.82. The summed E-state index contributed by atoms with van der Waals surface area (Å²) in [5.41, 5.74) is 2.56. The van der Waals surface area contributed by atoms with Gasteiger partial charge in [-0.15, -0.1) is 6.58 Å². The summed E-state index contributed by atoms with van der Waals surface area (Å²) in [6, 6.07) is 2.81. The maximum Gasteiger partial charge on any atom is 0.0448 e. The SMILES string of the molecule is C=CCN(c1ccncc1CNC)C1CC1. The van der Waals surface area contributed by atoms with Crippen LogP contribution in [0.2, 0.25) is 0 Å². The van der Waals surface area contributed by atoms with E-state index in [4.69, 9.17) is 0 Å². The smallest absolute Gasteiger partial charge is 0.0448 e. The van der Waals surface area contributed by atoms with E-state index in [9.17, 15) is 0 Å². The molecule has 0 unspecified atom stereocenters. The first kappa shape index (κ1) is 11.1. The van der Waals surface area contributed by atoms with Crippen molar-refractivity contribution in [3.63, 3.8) is 0 Å². The first-order valence-electron chi connectivity index (χ1n) is 5.82. The number of hydrogen-bond donors (Lipinski definition) is 1. The Hall–Kier alpha value is -1.35. The highest BCUT2D eigenvalue weighted by molar-refractivity contribution is 5.54. The Morgan fingerprint density at radius 1 is 1.62 bits per heavy atom. The van der Waals surface area contributed by atoms with E-state index in [0.717, 1.165) is 13.1 Å². The fraction of sp³-hybridized carbons (Fsp3) is 0.462. The number of pyridine rings is 1. The Kier molecular flexibility index (Phi) is 3.57. The summed E-state index contributed by atoms with van der Waals surface area (Å²) in [4.78, 5) is 6.63. The summed E-state index contributed by atoms with van der Waals surface area (Å²) in [5.74, 6) is 0. The van der Waals surface area contributed by atoms with Crippen LogP contribution in [-0.4, -0.2) is 24.6 Å². The van der Waals surface area contributed by atoms with Crippen molar-refractivity contribution in [2.45, 2.75) is 25.4 Å². The third kappa shape index (κ3) is 2.42. The van der Waals surface area contributed by atoms with Gasteiger partial charge in [-0.2, -0.15) is 0 Å². The zero-order valence-electron chi connectivity index (χ0n) is 9.82. The fourth-order valence-electron chi connectivity index (χ4n) is 2.00. The van der Waals surface area contributed by atoms with Gasteiger partial charge in [0, 0.05) is 42.8 Å². The van der Waals surface area contributed by atoms with Crippen LogP contribution in [0.5, 0.6) is 0 Å². The molecule has 0 spiro atoms. The second-order valence-corrected chi connectivity index (χ2v) is 4.21. The van der Waals surface area contributed by atoms with Crippen molar-refractivity contribution in [2.24, 2.45) is 0 Å². The van der Waals surface area contributed by atoms with Gasteiger partial charge in [0.25, 0.3) is 0 Å². The predicted molar refractivity (Wildman–Crippen MR) is 67.6 cm³/mol. The van der Waals surface area contributed by atoms with Gasteiger partial charge in [0.2, 0.25) is 0 Å². The largest absolute Gasteiger partial charge is 0.364 e. The molecule has 86 valence electrons. The van der Waals surface area contributed by atoms with E-state index < -0.39 is 0 Å². The van der Waals surface area contributed by atoms with E-state index in [1.165, 1.54) is 24.1 Å². The molecule has 0 atom stereocenters. The van der Waals surface area contributed by atoms with E-state index >= 15 is 0 Å². The summed E-state index contributed by atoms with van der Waals surface area (Å²) < 4.78 is 0. The minimum Gasteiger partial charge on any atom is -0.364 e.